The molecule has 1 aliphatic rings. The number of benzene rings is 2. The van der Waals surface area contributed by atoms with Crippen molar-refractivity contribution in [2.75, 3.05) is 14.2 Å². The SMILES string of the molecule is COc1ccc(OC)c(C2C(C#N)=C(N)Oc3c2c(-c2cc4ccccc4o2)nn3C)c1. The highest BCUT2D eigenvalue weighted by atomic mass is 16.5. The van der Waals surface area contributed by atoms with Crippen molar-refractivity contribution in [3.05, 3.63) is 71.1 Å². The molecule has 0 aliphatic carbocycles. The highest BCUT2D eigenvalue weighted by molar-refractivity contribution is 5.83. The third kappa shape index (κ3) is 2.87. The molecule has 3 heterocycles. The minimum atomic E-state index is -0.592. The van der Waals surface area contributed by atoms with E-state index >= 15 is 0 Å². The number of para-hydroxylation sites is 1. The maximum absolute atomic E-state index is 10.0. The number of nitriles is 1. The molecular weight excluding hydrogens is 408 g/mol. The van der Waals surface area contributed by atoms with Gasteiger partial charge >= 0.3 is 0 Å². The number of allylic oxidation sites excluding steroid dienone is 1. The number of rotatable bonds is 4. The number of nitrogens with two attached hydrogens (primary N) is 1. The molecule has 8 heteroatoms. The molecule has 2 aromatic heterocycles. The molecule has 32 heavy (non-hydrogen) atoms. The average Bonchev–Trinajstić information content (AvgIpc) is 3.38. The number of methoxy groups -OCH3 is 2. The van der Waals surface area contributed by atoms with Crippen molar-refractivity contribution in [3.63, 3.8) is 0 Å². The van der Waals surface area contributed by atoms with Gasteiger partial charge in [0.05, 0.1) is 25.7 Å². The molecule has 1 unspecified atom stereocenters. The van der Waals surface area contributed by atoms with Crippen molar-refractivity contribution < 1.29 is 18.6 Å². The smallest absolute Gasteiger partial charge is 0.224 e. The van der Waals surface area contributed by atoms with E-state index in [-0.39, 0.29) is 11.5 Å². The monoisotopic (exact) mass is 428 g/mol. The van der Waals surface area contributed by atoms with E-state index in [1.54, 1.807) is 38.1 Å². The summed E-state index contributed by atoms with van der Waals surface area (Å²) in [5.41, 5.74) is 9.11. The zero-order valence-corrected chi connectivity index (χ0v) is 17.7. The number of nitrogens with zero attached hydrogens (tertiary/aromatic N) is 3. The summed E-state index contributed by atoms with van der Waals surface area (Å²) in [6, 6.07) is 17.3. The van der Waals surface area contributed by atoms with Gasteiger partial charge in [0.15, 0.2) is 5.76 Å². The van der Waals surface area contributed by atoms with Crippen LogP contribution >= 0.6 is 0 Å². The molecule has 1 aliphatic heterocycles. The van der Waals surface area contributed by atoms with Crippen LogP contribution in [-0.2, 0) is 7.05 Å². The number of hydrogen-bond acceptors (Lipinski definition) is 7. The first-order chi connectivity index (χ1) is 15.5. The molecule has 0 spiro atoms. The topological polar surface area (TPSA) is 108 Å². The minimum Gasteiger partial charge on any atom is -0.497 e. The van der Waals surface area contributed by atoms with Crippen LogP contribution in [0, 0.1) is 11.3 Å². The van der Waals surface area contributed by atoms with Gasteiger partial charge in [-0.25, -0.2) is 4.68 Å². The highest BCUT2D eigenvalue weighted by Gasteiger charge is 2.39. The molecule has 0 bridgehead atoms. The second-order valence-electron chi connectivity index (χ2n) is 7.37. The summed E-state index contributed by atoms with van der Waals surface area (Å²) in [6.45, 7) is 0. The van der Waals surface area contributed by atoms with E-state index in [9.17, 15) is 5.26 Å². The Morgan fingerprint density at radius 2 is 1.94 bits per heavy atom. The molecule has 5 rings (SSSR count). The zero-order chi connectivity index (χ0) is 22.4. The zero-order valence-electron chi connectivity index (χ0n) is 17.7. The normalized spacial score (nSPS) is 15.2. The summed E-state index contributed by atoms with van der Waals surface area (Å²) < 4.78 is 24.6. The Kier molecular flexibility index (Phi) is 4.52. The largest absolute Gasteiger partial charge is 0.497 e. The van der Waals surface area contributed by atoms with Crippen molar-refractivity contribution >= 4 is 11.0 Å². The van der Waals surface area contributed by atoms with Crippen molar-refractivity contribution in [1.82, 2.24) is 9.78 Å². The molecular formula is C24H20N4O4. The van der Waals surface area contributed by atoms with E-state index in [0.717, 1.165) is 11.0 Å². The van der Waals surface area contributed by atoms with Crippen molar-refractivity contribution in [2.45, 2.75) is 5.92 Å². The Balaban J connectivity index is 1.81. The summed E-state index contributed by atoms with van der Waals surface area (Å²) in [5, 5.41) is 15.6. The van der Waals surface area contributed by atoms with Gasteiger partial charge in [0, 0.05) is 18.0 Å². The second-order valence-corrected chi connectivity index (χ2v) is 7.37. The Morgan fingerprint density at radius 3 is 2.66 bits per heavy atom. The number of aromatic nitrogens is 2. The van der Waals surface area contributed by atoms with Gasteiger partial charge in [-0.1, -0.05) is 18.2 Å². The summed E-state index contributed by atoms with van der Waals surface area (Å²) in [7, 11) is 4.92. The first kappa shape index (κ1) is 19.6. The lowest BCUT2D eigenvalue weighted by Crippen LogP contribution is -2.22. The van der Waals surface area contributed by atoms with Crippen LogP contribution in [0.2, 0.25) is 0 Å². The Bertz CT molecular complexity index is 1390. The standard InChI is InChI=1S/C24H20N4O4/c1-28-24-21(22(27-28)19-10-13-6-4-5-7-17(13)31-19)20(16(12-25)23(26)32-24)15-11-14(29-2)8-9-18(15)30-3/h4-11,20H,26H2,1-3H3. The van der Waals surface area contributed by atoms with E-state index in [4.69, 9.17) is 24.4 Å². The van der Waals surface area contributed by atoms with E-state index < -0.39 is 5.92 Å². The number of aryl methyl sites for hydroxylation is 1. The van der Waals surface area contributed by atoms with Gasteiger partial charge in [0.2, 0.25) is 11.8 Å². The number of furan rings is 1. The van der Waals surface area contributed by atoms with Gasteiger partial charge in [-0.05, 0) is 30.3 Å². The quantitative estimate of drug-likeness (QED) is 0.522. The lowest BCUT2D eigenvalue weighted by atomic mass is 9.83. The van der Waals surface area contributed by atoms with Gasteiger partial charge in [-0.3, -0.25) is 0 Å². The average molecular weight is 428 g/mol. The van der Waals surface area contributed by atoms with Crippen LogP contribution in [0.4, 0.5) is 0 Å². The van der Waals surface area contributed by atoms with Gasteiger partial charge < -0.3 is 24.4 Å². The molecule has 8 nitrogen and oxygen atoms in total. The molecule has 2 aromatic carbocycles. The number of ether oxygens (including phenoxy) is 3. The minimum absolute atomic E-state index is 0.0222. The van der Waals surface area contributed by atoms with E-state index in [1.165, 1.54) is 0 Å². The molecule has 0 amide bonds. The molecule has 0 fully saturated rings. The van der Waals surface area contributed by atoms with E-state index in [2.05, 4.69) is 11.2 Å². The Hall–Kier alpha value is -4.38. The maximum atomic E-state index is 10.0. The number of fused-ring (bicyclic) bond motifs is 2. The fourth-order valence-corrected chi connectivity index (χ4v) is 4.13. The predicted molar refractivity (Wildman–Crippen MR) is 117 cm³/mol. The van der Waals surface area contributed by atoms with Crippen molar-refractivity contribution in [3.8, 4) is 34.9 Å². The third-order valence-electron chi connectivity index (χ3n) is 5.61. The first-order valence-electron chi connectivity index (χ1n) is 9.91. The van der Waals surface area contributed by atoms with Crippen LogP contribution < -0.4 is 19.9 Å². The predicted octanol–water partition coefficient (Wildman–Crippen LogP) is 4.07. The molecule has 4 aromatic rings. The third-order valence-corrected chi connectivity index (χ3v) is 5.61. The van der Waals surface area contributed by atoms with Gasteiger partial charge in [-0.2, -0.15) is 10.4 Å². The van der Waals surface area contributed by atoms with E-state index in [0.29, 0.717) is 40.0 Å². The fourth-order valence-electron chi connectivity index (χ4n) is 4.13. The maximum Gasteiger partial charge on any atom is 0.224 e. The summed E-state index contributed by atoms with van der Waals surface area (Å²) in [5.74, 6) is 1.64. The molecule has 2 N–H and O–H groups in total. The van der Waals surface area contributed by atoms with E-state index in [1.807, 2.05) is 36.4 Å². The van der Waals surface area contributed by atoms with Crippen LogP contribution in [0.1, 0.15) is 17.0 Å². The lowest BCUT2D eigenvalue weighted by molar-refractivity contribution is 0.355. The first-order valence-corrected chi connectivity index (χ1v) is 9.91. The summed E-state index contributed by atoms with van der Waals surface area (Å²) >= 11 is 0. The number of hydrogen-bond donors (Lipinski definition) is 1. The molecule has 0 saturated carbocycles. The van der Waals surface area contributed by atoms with Gasteiger partial charge in [-0.15, -0.1) is 0 Å². The Morgan fingerprint density at radius 1 is 1.12 bits per heavy atom. The second kappa shape index (κ2) is 7.39. The lowest BCUT2D eigenvalue weighted by Gasteiger charge is -2.26. The Labute approximate surface area is 184 Å². The molecule has 0 saturated heterocycles. The van der Waals surface area contributed by atoms with Crippen LogP contribution in [0.3, 0.4) is 0 Å². The van der Waals surface area contributed by atoms with Gasteiger partial charge in [0.1, 0.15) is 34.4 Å². The molecule has 0 radical (unpaired) electrons. The fraction of sp³-hybridized carbons (Fsp3) is 0.167. The highest BCUT2D eigenvalue weighted by Crippen LogP contribution is 2.49. The summed E-state index contributed by atoms with van der Waals surface area (Å²) in [4.78, 5) is 0. The summed E-state index contributed by atoms with van der Waals surface area (Å²) in [6.07, 6.45) is 0. The van der Waals surface area contributed by atoms with Crippen LogP contribution in [-0.4, -0.2) is 24.0 Å². The molecule has 1 atom stereocenters. The van der Waals surface area contributed by atoms with Crippen LogP contribution in [0.5, 0.6) is 17.4 Å². The van der Waals surface area contributed by atoms with Crippen molar-refractivity contribution in [1.29, 1.82) is 5.26 Å². The molecule has 160 valence electrons. The van der Waals surface area contributed by atoms with Crippen LogP contribution in [0.15, 0.2) is 64.4 Å². The van der Waals surface area contributed by atoms with Gasteiger partial charge in [0.25, 0.3) is 0 Å². The van der Waals surface area contributed by atoms with Crippen molar-refractivity contribution in [2.24, 2.45) is 12.8 Å². The van der Waals surface area contributed by atoms with Crippen LogP contribution in [0.25, 0.3) is 22.4 Å².